The van der Waals surface area contributed by atoms with Crippen molar-refractivity contribution in [3.63, 3.8) is 0 Å². The van der Waals surface area contributed by atoms with Crippen LogP contribution in [0.5, 0.6) is 0 Å². The van der Waals surface area contributed by atoms with Crippen LogP contribution in [0.25, 0.3) is 0 Å². The number of amides is 1. The molecule has 1 amide bonds. The highest BCUT2D eigenvalue weighted by molar-refractivity contribution is 7.90. The number of carboxylic acid groups (broad SMARTS) is 1. The zero-order valence-corrected chi connectivity index (χ0v) is 11.6. The van der Waals surface area contributed by atoms with E-state index < -0.39 is 46.2 Å². The van der Waals surface area contributed by atoms with Gasteiger partial charge in [0.05, 0.1) is 33.8 Å². The SMILES string of the molecule is C[C@@H](O)[C@H]1C(=O)N2C(C(=O)O)=C([C@H]3CCCO3)[S@@](=O)[C@H]12. The van der Waals surface area contributed by atoms with E-state index in [0.717, 1.165) is 11.3 Å². The first-order valence-corrected chi connectivity index (χ1v) is 7.67. The summed E-state index contributed by atoms with van der Waals surface area (Å²) in [5, 5.41) is 18.2. The second kappa shape index (κ2) is 4.64. The third kappa shape index (κ3) is 1.68. The molecule has 20 heavy (non-hydrogen) atoms. The van der Waals surface area contributed by atoms with Gasteiger partial charge < -0.3 is 14.9 Å². The molecule has 0 aliphatic carbocycles. The van der Waals surface area contributed by atoms with Crippen LogP contribution in [-0.2, 0) is 25.1 Å². The zero-order valence-electron chi connectivity index (χ0n) is 10.8. The lowest BCUT2D eigenvalue weighted by Crippen LogP contribution is -2.63. The topological polar surface area (TPSA) is 104 Å². The van der Waals surface area contributed by atoms with Crippen molar-refractivity contribution in [3.05, 3.63) is 10.6 Å². The second-order valence-electron chi connectivity index (χ2n) is 5.18. The molecule has 3 rings (SSSR count). The van der Waals surface area contributed by atoms with E-state index in [1.807, 2.05) is 0 Å². The van der Waals surface area contributed by atoms with Gasteiger partial charge in [0.25, 0.3) is 0 Å². The van der Waals surface area contributed by atoms with Crippen LogP contribution in [0, 0.1) is 5.92 Å². The number of nitrogens with zero attached hydrogens (tertiary/aromatic N) is 1. The smallest absolute Gasteiger partial charge is 0.353 e. The number of aliphatic carboxylic acids is 1. The molecule has 0 radical (unpaired) electrons. The Hall–Kier alpha value is -1.25. The molecule has 0 bridgehead atoms. The minimum absolute atomic E-state index is 0.191. The van der Waals surface area contributed by atoms with E-state index in [0.29, 0.717) is 13.0 Å². The number of aliphatic hydroxyl groups is 1. The van der Waals surface area contributed by atoms with Gasteiger partial charge in [0.1, 0.15) is 11.1 Å². The highest BCUT2D eigenvalue weighted by Gasteiger charge is 2.62. The number of fused-ring (bicyclic) bond motifs is 1. The van der Waals surface area contributed by atoms with Crippen LogP contribution >= 0.6 is 0 Å². The molecule has 8 heteroatoms. The van der Waals surface area contributed by atoms with Crippen molar-refractivity contribution >= 4 is 22.7 Å². The fourth-order valence-corrected chi connectivity index (χ4v) is 5.11. The van der Waals surface area contributed by atoms with Crippen LogP contribution in [0.1, 0.15) is 19.8 Å². The summed E-state index contributed by atoms with van der Waals surface area (Å²) in [6.07, 6.45) is -0.0792. The number of hydrogen-bond acceptors (Lipinski definition) is 5. The zero-order chi connectivity index (χ0) is 14.6. The summed E-state index contributed by atoms with van der Waals surface area (Å²) in [5.74, 6) is -2.56. The quantitative estimate of drug-likeness (QED) is 0.674. The first-order chi connectivity index (χ1) is 9.45. The summed E-state index contributed by atoms with van der Waals surface area (Å²) in [5.41, 5.74) is -0.220. The van der Waals surface area contributed by atoms with Gasteiger partial charge in [-0.05, 0) is 19.8 Å². The first-order valence-electron chi connectivity index (χ1n) is 6.46. The molecule has 2 fully saturated rings. The van der Waals surface area contributed by atoms with Gasteiger partial charge in [0.2, 0.25) is 5.91 Å². The third-order valence-electron chi connectivity index (χ3n) is 3.94. The molecule has 0 spiro atoms. The monoisotopic (exact) mass is 301 g/mol. The molecule has 3 aliphatic heterocycles. The van der Waals surface area contributed by atoms with E-state index in [9.17, 15) is 24.0 Å². The normalized spacial score (nSPS) is 37.9. The number of carbonyl (C=O) groups excluding carboxylic acids is 1. The molecule has 2 N–H and O–H groups in total. The molecule has 0 aromatic heterocycles. The Morgan fingerprint density at radius 2 is 2.25 bits per heavy atom. The van der Waals surface area contributed by atoms with Gasteiger partial charge in [-0.1, -0.05) is 0 Å². The van der Waals surface area contributed by atoms with Crippen LogP contribution in [-0.4, -0.2) is 55.4 Å². The fraction of sp³-hybridized carbons (Fsp3) is 0.667. The van der Waals surface area contributed by atoms with Gasteiger partial charge in [-0.15, -0.1) is 0 Å². The van der Waals surface area contributed by atoms with Gasteiger partial charge in [0.15, 0.2) is 0 Å². The van der Waals surface area contributed by atoms with Crippen molar-refractivity contribution in [3.8, 4) is 0 Å². The minimum Gasteiger partial charge on any atom is -0.477 e. The number of carbonyl (C=O) groups is 2. The molecule has 7 nitrogen and oxygen atoms in total. The van der Waals surface area contributed by atoms with Gasteiger partial charge in [-0.2, -0.15) is 0 Å². The van der Waals surface area contributed by atoms with Crippen LogP contribution < -0.4 is 0 Å². The van der Waals surface area contributed by atoms with E-state index >= 15 is 0 Å². The summed E-state index contributed by atoms with van der Waals surface area (Å²) >= 11 is 0. The second-order valence-corrected chi connectivity index (χ2v) is 6.70. The predicted octanol–water partition coefficient (Wildman–Crippen LogP) is -0.611. The Kier molecular flexibility index (Phi) is 3.19. The number of aliphatic hydroxyl groups excluding tert-OH is 1. The van der Waals surface area contributed by atoms with E-state index in [1.165, 1.54) is 6.92 Å². The van der Waals surface area contributed by atoms with Crippen LogP contribution in [0.2, 0.25) is 0 Å². The van der Waals surface area contributed by atoms with E-state index in [2.05, 4.69) is 0 Å². The van der Waals surface area contributed by atoms with Gasteiger partial charge in [-0.3, -0.25) is 13.9 Å². The Morgan fingerprint density at radius 1 is 1.55 bits per heavy atom. The Balaban J connectivity index is 2.02. The molecule has 3 aliphatic rings. The van der Waals surface area contributed by atoms with Gasteiger partial charge in [0, 0.05) is 6.61 Å². The van der Waals surface area contributed by atoms with E-state index in [4.69, 9.17) is 4.74 Å². The molecule has 3 heterocycles. The molecule has 0 unspecified atom stereocenters. The highest BCUT2D eigenvalue weighted by atomic mass is 32.2. The van der Waals surface area contributed by atoms with Crippen molar-refractivity contribution in [2.75, 3.05) is 6.61 Å². The third-order valence-corrected chi connectivity index (χ3v) is 5.77. The summed E-state index contributed by atoms with van der Waals surface area (Å²) in [7, 11) is -1.64. The average molecular weight is 301 g/mol. The number of ether oxygens (including phenoxy) is 1. The van der Waals surface area contributed by atoms with Crippen molar-refractivity contribution in [1.29, 1.82) is 0 Å². The predicted molar refractivity (Wildman–Crippen MR) is 67.6 cm³/mol. The molecule has 110 valence electrons. The van der Waals surface area contributed by atoms with E-state index in [-0.39, 0.29) is 10.6 Å². The number of carboxylic acids is 1. The molecule has 2 saturated heterocycles. The van der Waals surface area contributed by atoms with E-state index in [1.54, 1.807) is 0 Å². The Morgan fingerprint density at radius 3 is 2.75 bits per heavy atom. The van der Waals surface area contributed by atoms with Crippen molar-refractivity contribution in [2.45, 2.75) is 37.3 Å². The maximum atomic E-state index is 12.5. The van der Waals surface area contributed by atoms with Gasteiger partial charge in [-0.25, -0.2) is 4.79 Å². The van der Waals surface area contributed by atoms with Crippen LogP contribution in [0.15, 0.2) is 10.6 Å². The number of β-lactam (4-membered cyclic amide) rings is 1. The molecular weight excluding hydrogens is 286 g/mol. The number of rotatable bonds is 3. The Labute approximate surface area is 117 Å². The highest BCUT2D eigenvalue weighted by Crippen LogP contribution is 2.46. The first kappa shape index (κ1) is 13.7. The summed E-state index contributed by atoms with van der Waals surface area (Å²) < 4.78 is 18.0. The Bertz CT molecular complexity index is 536. The largest absolute Gasteiger partial charge is 0.477 e. The minimum atomic E-state index is -1.64. The fourth-order valence-electron chi connectivity index (χ4n) is 3.02. The summed E-state index contributed by atoms with van der Waals surface area (Å²) in [6.45, 7) is 1.94. The lowest BCUT2D eigenvalue weighted by atomic mass is 9.92. The van der Waals surface area contributed by atoms with Crippen LogP contribution in [0.4, 0.5) is 0 Å². The van der Waals surface area contributed by atoms with Crippen molar-refractivity contribution < 1.29 is 28.7 Å². The maximum Gasteiger partial charge on any atom is 0.353 e. The molecule has 0 aromatic carbocycles. The van der Waals surface area contributed by atoms with Gasteiger partial charge >= 0.3 is 5.97 Å². The summed E-state index contributed by atoms with van der Waals surface area (Å²) in [6, 6.07) is 0. The van der Waals surface area contributed by atoms with Crippen molar-refractivity contribution in [2.24, 2.45) is 5.92 Å². The average Bonchev–Trinajstić information content (AvgIpc) is 2.93. The maximum absolute atomic E-state index is 12.5. The molecule has 0 aromatic rings. The molecule has 0 saturated carbocycles. The molecular formula is C12H15NO6S. The molecule has 5 atom stereocenters. The lowest BCUT2D eigenvalue weighted by Gasteiger charge is -2.43. The van der Waals surface area contributed by atoms with Crippen molar-refractivity contribution in [1.82, 2.24) is 4.90 Å². The number of hydrogen-bond donors (Lipinski definition) is 2. The standard InChI is InChI=1S/C12H15NO6S/c1-5(14)7-10(15)13-8(12(16)17)9(20(18)11(7)13)6-3-2-4-19-6/h5-7,11,14H,2-4H2,1H3,(H,16,17)/t5-,6-,7+,11-,20-/m1/s1. The lowest BCUT2D eigenvalue weighted by molar-refractivity contribution is -0.156. The summed E-state index contributed by atoms with van der Waals surface area (Å²) in [4.78, 5) is 24.7. The van der Waals surface area contributed by atoms with Crippen LogP contribution in [0.3, 0.4) is 0 Å².